The van der Waals surface area contributed by atoms with E-state index in [2.05, 4.69) is 17.9 Å². The fourth-order valence-corrected chi connectivity index (χ4v) is 2.51. The van der Waals surface area contributed by atoms with Crippen LogP contribution < -0.4 is 11.1 Å². The van der Waals surface area contributed by atoms with Crippen molar-refractivity contribution in [3.63, 3.8) is 0 Å². The van der Waals surface area contributed by atoms with Crippen molar-refractivity contribution in [3.05, 3.63) is 60.2 Å². The maximum Gasteiger partial charge on any atom is 0.259 e. The fraction of sp³-hybridized carbons (Fsp3) is 0.190. The summed E-state index contributed by atoms with van der Waals surface area (Å²) in [6, 6.07) is 15.8. The summed E-state index contributed by atoms with van der Waals surface area (Å²) in [5, 5.41) is 14.5. The summed E-state index contributed by atoms with van der Waals surface area (Å²) in [5.41, 5.74) is 6.95. The third-order valence-electron chi connectivity index (χ3n) is 3.43. The molecule has 0 fully saturated rings. The Hall–Kier alpha value is -2.66. The Morgan fingerprint density at radius 2 is 1.65 bits per heavy atom. The van der Waals surface area contributed by atoms with Gasteiger partial charge in [-0.15, -0.1) is 12.6 Å². The summed E-state index contributed by atoms with van der Waals surface area (Å²) in [6.45, 7) is 8.00. The van der Waals surface area contributed by atoms with Crippen molar-refractivity contribution in [1.29, 1.82) is 0 Å². The van der Waals surface area contributed by atoms with Crippen molar-refractivity contribution in [2.24, 2.45) is 0 Å². The molecule has 0 saturated carbocycles. The van der Waals surface area contributed by atoms with Gasteiger partial charge in [-0.25, -0.2) is 0 Å². The van der Waals surface area contributed by atoms with Crippen LogP contribution in [0, 0.1) is 0 Å². The van der Waals surface area contributed by atoms with Crippen molar-refractivity contribution in [2.75, 3.05) is 11.1 Å². The van der Waals surface area contributed by atoms with Crippen molar-refractivity contribution in [1.82, 2.24) is 0 Å². The van der Waals surface area contributed by atoms with Crippen molar-refractivity contribution in [2.45, 2.75) is 32.6 Å². The number of nitrogens with one attached hydrogen (secondary N) is 1. The second kappa shape index (κ2) is 10.4. The number of carbonyl (C=O) groups excluding carboxylic acids is 1. The maximum atomic E-state index is 12.4. The van der Waals surface area contributed by atoms with Gasteiger partial charge in [0.2, 0.25) is 0 Å². The third-order valence-corrected chi connectivity index (χ3v) is 3.71. The number of nitrogens with two attached hydrogens (primary N) is 1. The lowest BCUT2D eigenvalue weighted by Crippen LogP contribution is -2.13. The summed E-state index contributed by atoms with van der Waals surface area (Å²) in [4.78, 5) is 13.1. The summed E-state index contributed by atoms with van der Waals surface area (Å²) >= 11 is 4.19. The van der Waals surface area contributed by atoms with Gasteiger partial charge in [0, 0.05) is 10.3 Å². The molecule has 0 heterocycles. The van der Waals surface area contributed by atoms with E-state index in [1.54, 1.807) is 36.4 Å². The molecule has 3 aromatic rings. The average Bonchev–Trinajstić information content (AvgIpc) is 2.67. The monoisotopic (exact) mass is 370 g/mol. The lowest BCUT2D eigenvalue weighted by molar-refractivity contribution is 0.102. The van der Waals surface area contributed by atoms with Crippen LogP contribution in [-0.2, 0) is 0 Å². The molecule has 0 aliphatic heterocycles. The summed E-state index contributed by atoms with van der Waals surface area (Å²) in [6.07, 6.45) is 0. The van der Waals surface area contributed by atoms with E-state index < -0.39 is 5.91 Å². The van der Waals surface area contributed by atoms with E-state index in [0.29, 0.717) is 21.7 Å². The second-order valence-corrected chi connectivity index (χ2v) is 5.42. The van der Waals surface area contributed by atoms with Gasteiger partial charge >= 0.3 is 0 Å². The standard InChI is InChI=1S/C17H14N2O2S.2C2H6/c18-14-9-11(22)6-8-15(14)19-17(21)13-7-5-10-3-1-2-4-12(10)16(13)20;2*1-2/h1-9,20,22H,18H2,(H,19,21);2*1-2H3. The Morgan fingerprint density at radius 1 is 1.00 bits per heavy atom. The number of phenolic OH excluding ortho intramolecular Hbond substituents is 1. The number of phenols is 1. The summed E-state index contributed by atoms with van der Waals surface area (Å²) in [5.74, 6) is -0.457. The molecule has 4 nitrogen and oxygen atoms in total. The third kappa shape index (κ3) is 4.92. The largest absolute Gasteiger partial charge is 0.506 e. The van der Waals surface area contributed by atoms with Gasteiger partial charge in [0.1, 0.15) is 5.75 Å². The molecule has 4 N–H and O–H groups in total. The molecule has 0 aliphatic carbocycles. The Labute approximate surface area is 160 Å². The van der Waals surface area contributed by atoms with Gasteiger partial charge in [-0.1, -0.05) is 58.0 Å². The van der Waals surface area contributed by atoms with Gasteiger partial charge in [0.15, 0.2) is 0 Å². The van der Waals surface area contributed by atoms with E-state index in [-0.39, 0.29) is 11.3 Å². The molecule has 0 saturated heterocycles. The quantitative estimate of drug-likeness (QED) is 0.344. The van der Waals surface area contributed by atoms with Crippen LogP contribution in [0.15, 0.2) is 59.5 Å². The fourth-order valence-electron chi connectivity index (χ4n) is 2.29. The first-order valence-electron chi connectivity index (χ1n) is 8.67. The van der Waals surface area contributed by atoms with Crippen molar-refractivity contribution in [3.8, 4) is 5.75 Å². The molecule has 0 aliphatic rings. The van der Waals surface area contributed by atoms with Crippen LogP contribution in [0.2, 0.25) is 0 Å². The molecular formula is C21H26N2O2S. The molecule has 0 bridgehead atoms. The first kappa shape index (κ1) is 21.4. The number of thiol groups is 1. The molecule has 0 unspecified atom stereocenters. The van der Waals surface area contributed by atoms with Crippen LogP contribution in [0.5, 0.6) is 5.75 Å². The minimum atomic E-state index is -0.415. The first-order valence-corrected chi connectivity index (χ1v) is 9.11. The zero-order valence-electron chi connectivity index (χ0n) is 15.6. The van der Waals surface area contributed by atoms with Crippen LogP contribution >= 0.6 is 12.6 Å². The zero-order valence-corrected chi connectivity index (χ0v) is 16.5. The van der Waals surface area contributed by atoms with Gasteiger partial charge < -0.3 is 16.2 Å². The van der Waals surface area contributed by atoms with Gasteiger partial charge in [-0.05, 0) is 29.7 Å². The van der Waals surface area contributed by atoms with Crippen LogP contribution in [-0.4, -0.2) is 11.0 Å². The molecule has 0 radical (unpaired) electrons. The average molecular weight is 371 g/mol. The lowest BCUT2D eigenvalue weighted by Gasteiger charge is -2.11. The molecule has 3 rings (SSSR count). The molecule has 0 aromatic heterocycles. The van der Waals surface area contributed by atoms with Gasteiger partial charge in [-0.2, -0.15) is 0 Å². The van der Waals surface area contributed by atoms with Crippen LogP contribution in [0.4, 0.5) is 11.4 Å². The summed E-state index contributed by atoms with van der Waals surface area (Å²) < 4.78 is 0. The van der Waals surface area contributed by atoms with E-state index in [1.807, 2.05) is 45.9 Å². The highest BCUT2D eigenvalue weighted by atomic mass is 32.1. The minimum absolute atomic E-state index is 0.0417. The number of anilines is 2. The van der Waals surface area contributed by atoms with E-state index in [1.165, 1.54) is 0 Å². The number of nitrogen functional groups attached to an aromatic ring is 1. The van der Waals surface area contributed by atoms with Crippen molar-refractivity contribution >= 4 is 40.7 Å². The van der Waals surface area contributed by atoms with Crippen LogP contribution in [0.1, 0.15) is 38.1 Å². The number of rotatable bonds is 2. The van der Waals surface area contributed by atoms with Crippen LogP contribution in [0.25, 0.3) is 10.8 Å². The molecule has 3 aromatic carbocycles. The van der Waals surface area contributed by atoms with Gasteiger partial charge in [0.25, 0.3) is 5.91 Å². The molecule has 5 heteroatoms. The number of carbonyl (C=O) groups is 1. The SMILES string of the molecule is CC.CC.Nc1cc(S)ccc1NC(=O)c1ccc2ccccc2c1O. The van der Waals surface area contributed by atoms with E-state index >= 15 is 0 Å². The van der Waals surface area contributed by atoms with E-state index in [4.69, 9.17) is 5.73 Å². The number of hydrogen-bond donors (Lipinski definition) is 4. The van der Waals surface area contributed by atoms with Gasteiger partial charge in [-0.3, -0.25) is 4.79 Å². The molecule has 0 spiro atoms. The number of benzene rings is 3. The predicted octanol–water partition coefficient (Wildman–Crippen LogP) is 5.72. The molecule has 138 valence electrons. The Kier molecular flexibility index (Phi) is 8.52. The topological polar surface area (TPSA) is 75.3 Å². The Morgan fingerprint density at radius 3 is 2.31 bits per heavy atom. The number of fused-ring (bicyclic) bond motifs is 1. The number of aromatic hydroxyl groups is 1. The number of amides is 1. The minimum Gasteiger partial charge on any atom is -0.506 e. The summed E-state index contributed by atoms with van der Waals surface area (Å²) in [7, 11) is 0. The van der Waals surface area contributed by atoms with Gasteiger partial charge in [0.05, 0.1) is 16.9 Å². The Bertz CT molecular complexity index is 879. The highest BCUT2D eigenvalue weighted by Crippen LogP contribution is 2.30. The lowest BCUT2D eigenvalue weighted by atomic mass is 10.0. The van der Waals surface area contributed by atoms with E-state index in [0.717, 1.165) is 5.39 Å². The second-order valence-electron chi connectivity index (χ2n) is 4.91. The molecule has 1 amide bonds. The normalized spacial score (nSPS) is 9.42. The first-order chi connectivity index (χ1) is 12.6. The predicted molar refractivity (Wildman–Crippen MR) is 114 cm³/mol. The smallest absolute Gasteiger partial charge is 0.259 e. The van der Waals surface area contributed by atoms with Crippen molar-refractivity contribution < 1.29 is 9.90 Å². The van der Waals surface area contributed by atoms with E-state index in [9.17, 15) is 9.90 Å². The zero-order chi connectivity index (χ0) is 19.7. The van der Waals surface area contributed by atoms with Crippen LogP contribution in [0.3, 0.4) is 0 Å². The molecule has 0 atom stereocenters. The Balaban J connectivity index is 0.000000791. The molecule has 26 heavy (non-hydrogen) atoms. The highest BCUT2D eigenvalue weighted by molar-refractivity contribution is 7.80. The highest BCUT2D eigenvalue weighted by Gasteiger charge is 2.14. The maximum absolute atomic E-state index is 12.4. The number of hydrogen-bond acceptors (Lipinski definition) is 4. The molecular weight excluding hydrogens is 344 g/mol.